The third-order valence-electron chi connectivity index (χ3n) is 2.11. The van der Waals surface area contributed by atoms with Crippen molar-refractivity contribution >= 4 is 29.1 Å². The van der Waals surface area contributed by atoms with E-state index in [1.54, 1.807) is 60.7 Å². The van der Waals surface area contributed by atoms with Gasteiger partial charge >= 0.3 is 7.75 Å². The predicted octanol–water partition coefficient (Wildman–Crippen LogP) is 5.34. The molecule has 2 aromatic carbocycles. The van der Waals surface area contributed by atoms with Gasteiger partial charge in [0.05, 0.1) is 0 Å². The smallest absolute Gasteiger partial charge is 0.582 e. The van der Waals surface area contributed by atoms with Crippen molar-refractivity contribution in [1.82, 2.24) is 0 Å². The Hall–Kier alpha value is -1.60. The van der Waals surface area contributed by atoms with Crippen LogP contribution in [0.3, 0.4) is 0 Å². The van der Waals surface area contributed by atoms with Crippen LogP contribution in [0.5, 0.6) is 11.5 Å². The van der Waals surface area contributed by atoms with Crippen LogP contribution in [0.1, 0.15) is 0 Å². The van der Waals surface area contributed by atoms with Crippen molar-refractivity contribution in [3.8, 4) is 11.5 Å². The Labute approximate surface area is 126 Å². The summed E-state index contributed by atoms with van der Waals surface area (Å²) >= 11 is -1.48. The summed E-state index contributed by atoms with van der Waals surface area (Å²) in [5.41, 5.74) is 0. The van der Waals surface area contributed by atoms with Gasteiger partial charge in [0.1, 0.15) is 11.5 Å². The van der Waals surface area contributed by atoms with Gasteiger partial charge in [-0.2, -0.15) is 0 Å². The van der Waals surface area contributed by atoms with E-state index >= 15 is 0 Å². The summed E-state index contributed by atoms with van der Waals surface area (Å²) in [5, 5.41) is 0. The van der Waals surface area contributed by atoms with Crippen LogP contribution in [0.15, 0.2) is 68.9 Å². The van der Waals surface area contributed by atoms with Crippen LogP contribution in [-0.4, -0.2) is 0 Å². The van der Waals surface area contributed by atoms with Gasteiger partial charge in [-0.25, -0.2) is 4.57 Å². The Kier molecular flexibility index (Phi) is 5.37. The average molecular weight is 402 g/mol. The van der Waals surface area contributed by atoms with Crippen LogP contribution in [-0.2, 0) is 4.57 Å². The SMILES string of the molecule is [N-]=I/N=N\P(=O)(Oc1ccccc1)Oc1ccccc1. The minimum Gasteiger partial charge on any atom is -0.753 e. The Morgan fingerprint density at radius 2 is 1.35 bits per heavy atom. The molecule has 6 nitrogen and oxygen atoms in total. The molecule has 0 aliphatic rings. The van der Waals surface area contributed by atoms with Crippen molar-refractivity contribution in [3.05, 3.63) is 64.2 Å². The zero-order valence-corrected chi connectivity index (χ0v) is 13.2. The molecule has 0 saturated carbocycles. The summed E-state index contributed by atoms with van der Waals surface area (Å²) in [6, 6.07) is 17.1. The molecule has 0 aliphatic carbocycles. The minimum atomic E-state index is -3.85. The van der Waals surface area contributed by atoms with E-state index in [1.807, 2.05) is 0 Å². The first kappa shape index (κ1) is 14.8. The number of halogens is 1. The summed E-state index contributed by atoms with van der Waals surface area (Å²) in [7, 11) is -3.85. The molecule has 0 bridgehead atoms. The molecule has 0 spiro atoms. The lowest BCUT2D eigenvalue weighted by Gasteiger charge is -2.14. The minimum absolute atomic E-state index is 0.349. The first-order chi connectivity index (χ1) is 9.72. The standard InChI is InChI=1S/C12H10IN3O3P/c14-13-15-16-20(17,18-11-7-3-1-4-8-11)19-12-9-5-2-6-10-12/h1-10H/q-1/b16-15-. The molecule has 0 unspecified atom stereocenters. The normalized spacial score (nSPS) is 11.4. The number of rotatable bonds is 6. The van der Waals surface area contributed by atoms with Gasteiger partial charge in [-0.3, -0.25) is 0 Å². The van der Waals surface area contributed by atoms with Gasteiger partial charge < -0.3 is 12.6 Å². The quantitative estimate of drug-likeness (QED) is 0.371. The van der Waals surface area contributed by atoms with Crippen molar-refractivity contribution in [2.24, 2.45) is 8.21 Å². The summed E-state index contributed by atoms with van der Waals surface area (Å²) < 4.78 is 35.3. The lowest BCUT2D eigenvalue weighted by Crippen LogP contribution is -1.98. The molecule has 0 atom stereocenters. The first-order valence-corrected chi connectivity index (χ1v) is 8.94. The van der Waals surface area contributed by atoms with Gasteiger partial charge in [-0.15, -0.1) is 24.6 Å². The van der Waals surface area contributed by atoms with Crippen molar-refractivity contribution < 1.29 is 13.6 Å². The highest BCUT2D eigenvalue weighted by molar-refractivity contribution is 14.2. The maximum Gasteiger partial charge on any atom is 0.582 e. The van der Waals surface area contributed by atoms with Gasteiger partial charge in [-0.1, -0.05) is 36.4 Å². The average Bonchev–Trinajstić information content (AvgIpc) is 2.47. The maximum atomic E-state index is 12.5. The van der Waals surface area contributed by atoms with E-state index in [0.29, 0.717) is 11.5 Å². The molecule has 0 saturated heterocycles. The fraction of sp³-hybridized carbons (Fsp3) is 0. The van der Waals surface area contributed by atoms with Crippen LogP contribution in [0.2, 0.25) is 0 Å². The molecule has 20 heavy (non-hydrogen) atoms. The highest BCUT2D eigenvalue weighted by Crippen LogP contribution is 2.50. The number of para-hydroxylation sites is 2. The van der Waals surface area contributed by atoms with E-state index in [2.05, 4.69) is 8.21 Å². The number of nitrogens with zero attached hydrogens (tertiary/aromatic N) is 3. The van der Waals surface area contributed by atoms with E-state index < -0.39 is 29.1 Å². The Morgan fingerprint density at radius 1 is 0.900 bits per heavy atom. The van der Waals surface area contributed by atoms with Crippen LogP contribution in [0.25, 0.3) is 3.56 Å². The summed E-state index contributed by atoms with van der Waals surface area (Å²) in [6.07, 6.45) is 0. The molecule has 0 aromatic heterocycles. The molecule has 0 N–H and O–H groups in total. The van der Waals surface area contributed by atoms with Crippen molar-refractivity contribution in [2.45, 2.75) is 0 Å². The molecule has 0 radical (unpaired) electrons. The van der Waals surface area contributed by atoms with Gasteiger partial charge in [0.2, 0.25) is 0 Å². The zero-order valence-electron chi connectivity index (χ0n) is 10.2. The summed E-state index contributed by atoms with van der Waals surface area (Å²) in [5.74, 6) is 0.698. The van der Waals surface area contributed by atoms with E-state index in [4.69, 9.17) is 12.6 Å². The molecular formula is C12H10IN3O3P-. The van der Waals surface area contributed by atoms with Crippen molar-refractivity contribution in [1.29, 1.82) is 0 Å². The fourth-order valence-electron chi connectivity index (χ4n) is 1.34. The zero-order chi connectivity index (χ0) is 14.3. The number of benzene rings is 2. The largest absolute Gasteiger partial charge is 0.753 e. The fourth-order valence-corrected chi connectivity index (χ4v) is 3.31. The molecule has 104 valence electrons. The molecule has 0 fully saturated rings. The Morgan fingerprint density at radius 3 is 1.75 bits per heavy atom. The molecule has 2 aromatic rings. The highest BCUT2D eigenvalue weighted by Gasteiger charge is 2.28. The Bertz CT molecular complexity index is 591. The molecular weight excluding hydrogens is 392 g/mol. The molecule has 0 aliphatic heterocycles. The molecule has 0 heterocycles. The van der Waals surface area contributed by atoms with Crippen LogP contribution < -0.4 is 9.05 Å². The highest BCUT2D eigenvalue weighted by atomic mass is 127. The third-order valence-corrected chi connectivity index (χ3v) is 4.05. The second-order valence-corrected chi connectivity index (χ2v) is 5.86. The third kappa shape index (κ3) is 4.50. The van der Waals surface area contributed by atoms with E-state index in [9.17, 15) is 4.57 Å². The lowest BCUT2D eigenvalue weighted by atomic mass is 10.3. The van der Waals surface area contributed by atoms with E-state index in [-0.39, 0.29) is 0 Å². The van der Waals surface area contributed by atoms with Gasteiger partial charge in [-0.05, 0) is 29.2 Å². The second kappa shape index (κ2) is 7.25. The lowest BCUT2D eigenvalue weighted by molar-refractivity contribution is 0.386. The van der Waals surface area contributed by atoms with Crippen LogP contribution in [0.4, 0.5) is 0 Å². The van der Waals surface area contributed by atoms with Crippen molar-refractivity contribution in [2.75, 3.05) is 0 Å². The van der Waals surface area contributed by atoms with Gasteiger partial charge in [0.25, 0.3) is 0 Å². The molecule has 8 heteroatoms. The topological polar surface area (TPSA) is 82.6 Å². The van der Waals surface area contributed by atoms with Gasteiger partial charge in [0, 0.05) is 0 Å². The number of hydrogen-bond donors (Lipinski definition) is 0. The maximum absolute atomic E-state index is 12.5. The first-order valence-electron chi connectivity index (χ1n) is 5.52. The molecule has 0 amide bonds. The van der Waals surface area contributed by atoms with Crippen LogP contribution >= 0.6 is 29.1 Å². The second-order valence-electron chi connectivity index (χ2n) is 3.52. The van der Waals surface area contributed by atoms with E-state index in [0.717, 1.165) is 0 Å². The van der Waals surface area contributed by atoms with E-state index in [1.165, 1.54) is 0 Å². The number of hydrogen-bond acceptors (Lipinski definition) is 3. The Balaban J connectivity index is 2.24. The van der Waals surface area contributed by atoms with Crippen molar-refractivity contribution in [3.63, 3.8) is 0 Å². The summed E-state index contributed by atoms with van der Waals surface area (Å²) in [4.78, 5) is 3.50. The summed E-state index contributed by atoms with van der Waals surface area (Å²) in [6.45, 7) is 0. The van der Waals surface area contributed by atoms with Crippen LogP contribution in [0, 0.1) is 0 Å². The predicted molar refractivity (Wildman–Crippen MR) is 84.0 cm³/mol. The molecule has 2 rings (SSSR count). The van der Waals surface area contributed by atoms with Gasteiger partial charge in [0.15, 0.2) is 0 Å². The monoisotopic (exact) mass is 402 g/mol.